The maximum Gasteiger partial charge on any atom is 0.223 e. The summed E-state index contributed by atoms with van der Waals surface area (Å²) in [4.78, 5) is 17.8. The number of hydrogen-bond acceptors (Lipinski definition) is 4. The summed E-state index contributed by atoms with van der Waals surface area (Å²) in [6.07, 6.45) is 12.7. The van der Waals surface area contributed by atoms with Crippen molar-refractivity contribution in [3.05, 3.63) is 35.9 Å². The van der Waals surface area contributed by atoms with Crippen LogP contribution in [0.5, 0.6) is 0 Å². The van der Waals surface area contributed by atoms with E-state index < -0.39 is 0 Å². The summed E-state index contributed by atoms with van der Waals surface area (Å²) in [5.74, 6) is 2.92. The largest absolute Gasteiger partial charge is 0.338 e. The molecule has 0 N–H and O–H groups in total. The highest BCUT2D eigenvalue weighted by molar-refractivity contribution is 5.77. The van der Waals surface area contributed by atoms with Crippen molar-refractivity contribution in [3.8, 4) is 12.3 Å². The van der Waals surface area contributed by atoms with Gasteiger partial charge in [0, 0.05) is 50.9 Å². The Morgan fingerprint density at radius 3 is 2.61 bits per heavy atom. The van der Waals surface area contributed by atoms with Gasteiger partial charge in [-0.3, -0.25) is 9.69 Å². The normalized spacial score (nSPS) is 25.8. The molecule has 0 spiro atoms. The highest BCUT2D eigenvalue weighted by atomic mass is 16.2. The predicted octanol–water partition coefficient (Wildman–Crippen LogP) is 4.00. The van der Waals surface area contributed by atoms with E-state index in [4.69, 9.17) is 6.42 Å². The zero-order chi connectivity index (χ0) is 19.4. The lowest BCUT2D eigenvalue weighted by atomic mass is 10.00. The Hall–Kier alpha value is -2.19. The standard InChI is InChI=1S/C23H30N4O/c1-2-3-14-23(24-25-23)15-13-22(28)27-17-8-12-21(27)20-11-7-16-26(20)18-19-9-5-4-6-10-19/h1,4-6,9-10,20-21H,3,7-8,11-18H2. The van der Waals surface area contributed by atoms with Gasteiger partial charge in [-0.1, -0.05) is 30.3 Å². The van der Waals surface area contributed by atoms with E-state index in [1.54, 1.807) is 0 Å². The lowest BCUT2D eigenvalue weighted by Crippen LogP contribution is -2.48. The fraction of sp³-hybridized carbons (Fsp3) is 0.609. The van der Waals surface area contributed by atoms with Crippen LogP contribution in [0.15, 0.2) is 40.6 Å². The second-order valence-corrected chi connectivity index (χ2v) is 8.35. The molecule has 0 radical (unpaired) electrons. The van der Waals surface area contributed by atoms with Crippen LogP contribution in [-0.2, 0) is 11.3 Å². The van der Waals surface area contributed by atoms with Crippen LogP contribution in [0.4, 0.5) is 0 Å². The zero-order valence-electron chi connectivity index (χ0n) is 16.6. The summed E-state index contributed by atoms with van der Waals surface area (Å²) in [7, 11) is 0. The average molecular weight is 379 g/mol. The Bertz CT molecular complexity index is 748. The summed E-state index contributed by atoms with van der Waals surface area (Å²) in [5, 5.41) is 8.35. The number of rotatable bonds is 8. The molecule has 5 nitrogen and oxygen atoms in total. The van der Waals surface area contributed by atoms with Gasteiger partial charge >= 0.3 is 0 Å². The fourth-order valence-electron chi connectivity index (χ4n) is 4.92. The van der Waals surface area contributed by atoms with Crippen molar-refractivity contribution in [2.75, 3.05) is 13.1 Å². The third kappa shape index (κ3) is 4.28. The van der Waals surface area contributed by atoms with Gasteiger partial charge in [-0.25, -0.2) is 0 Å². The Kier molecular flexibility index (Phi) is 5.77. The van der Waals surface area contributed by atoms with Crippen molar-refractivity contribution in [3.63, 3.8) is 0 Å². The van der Waals surface area contributed by atoms with Crippen LogP contribution in [0.2, 0.25) is 0 Å². The lowest BCUT2D eigenvalue weighted by Gasteiger charge is -2.35. The van der Waals surface area contributed by atoms with Crippen molar-refractivity contribution in [1.82, 2.24) is 9.80 Å². The van der Waals surface area contributed by atoms with E-state index in [2.05, 4.69) is 56.3 Å². The van der Waals surface area contributed by atoms with Crippen molar-refractivity contribution in [2.24, 2.45) is 10.2 Å². The van der Waals surface area contributed by atoms with Gasteiger partial charge < -0.3 is 4.90 Å². The molecule has 4 rings (SSSR count). The Labute approximate surface area is 168 Å². The van der Waals surface area contributed by atoms with Crippen molar-refractivity contribution < 1.29 is 4.79 Å². The molecule has 2 unspecified atom stereocenters. The van der Waals surface area contributed by atoms with E-state index in [-0.39, 0.29) is 11.6 Å². The first-order valence-electron chi connectivity index (χ1n) is 10.7. The number of likely N-dealkylation sites (tertiary alicyclic amines) is 2. The molecule has 1 amide bonds. The second-order valence-electron chi connectivity index (χ2n) is 8.35. The molecule has 0 aromatic heterocycles. The Balaban J connectivity index is 1.34. The van der Waals surface area contributed by atoms with Crippen LogP contribution in [-0.4, -0.2) is 46.5 Å². The van der Waals surface area contributed by atoms with E-state index in [1.165, 1.54) is 18.4 Å². The third-order valence-electron chi connectivity index (χ3n) is 6.50. The van der Waals surface area contributed by atoms with E-state index in [9.17, 15) is 4.79 Å². The van der Waals surface area contributed by atoms with Crippen molar-refractivity contribution in [1.29, 1.82) is 0 Å². The number of benzene rings is 1. The monoisotopic (exact) mass is 378 g/mol. The number of amides is 1. The van der Waals surface area contributed by atoms with Crippen molar-refractivity contribution >= 4 is 5.91 Å². The molecule has 1 aromatic rings. The van der Waals surface area contributed by atoms with E-state index in [0.717, 1.165) is 38.9 Å². The lowest BCUT2D eigenvalue weighted by molar-refractivity contribution is -0.133. The first-order valence-corrected chi connectivity index (χ1v) is 10.7. The van der Waals surface area contributed by atoms with Crippen LogP contribution in [0.25, 0.3) is 0 Å². The zero-order valence-corrected chi connectivity index (χ0v) is 16.6. The van der Waals surface area contributed by atoms with Gasteiger partial charge in [-0.05, 0) is 37.8 Å². The van der Waals surface area contributed by atoms with E-state index in [0.29, 0.717) is 31.3 Å². The predicted molar refractivity (Wildman–Crippen MR) is 109 cm³/mol. The molecule has 1 aromatic carbocycles. The van der Waals surface area contributed by atoms with Gasteiger partial charge in [0.2, 0.25) is 5.91 Å². The minimum Gasteiger partial charge on any atom is -0.338 e. The molecule has 28 heavy (non-hydrogen) atoms. The molecule has 5 heteroatoms. The maximum absolute atomic E-state index is 13.0. The van der Waals surface area contributed by atoms with E-state index >= 15 is 0 Å². The van der Waals surface area contributed by atoms with Gasteiger partial charge in [-0.2, -0.15) is 10.2 Å². The minimum absolute atomic E-state index is 0.270. The van der Waals surface area contributed by atoms with Gasteiger partial charge in [0.05, 0.1) is 0 Å². The minimum atomic E-state index is -0.357. The van der Waals surface area contributed by atoms with Crippen LogP contribution >= 0.6 is 0 Å². The number of nitrogens with zero attached hydrogens (tertiary/aromatic N) is 4. The quantitative estimate of drug-likeness (QED) is 0.642. The smallest absolute Gasteiger partial charge is 0.223 e. The molecule has 2 saturated heterocycles. The number of carbonyl (C=O) groups excluding carboxylic acids is 1. The fourth-order valence-corrected chi connectivity index (χ4v) is 4.92. The molecule has 0 aliphatic carbocycles. The highest BCUT2D eigenvalue weighted by Crippen LogP contribution is 2.38. The van der Waals surface area contributed by atoms with Crippen LogP contribution in [0, 0.1) is 12.3 Å². The Morgan fingerprint density at radius 1 is 1.11 bits per heavy atom. The van der Waals surface area contributed by atoms with Crippen molar-refractivity contribution in [2.45, 2.75) is 75.7 Å². The number of hydrogen-bond donors (Lipinski definition) is 0. The average Bonchev–Trinajstić information content (AvgIpc) is 3.10. The van der Waals surface area contributed by atoms with Crippen LogP contribution in [0.1, 0.15) is 56.9 Å². The van der Waals surface area contributed by atoms with E-state index in [1.807, 2.05) is 0 Å². The van der Waals surface area contributed by atoms with Crippen LogP contribution in [0.3, 0.4) is 0 Å². The first-order chi connectivity index (χ1) is 13.7. The SMILES string of the molecule is C#CCCC1(CCC(=O)N2CCCC2C2CCCN2Cc2ccccc2)N=N1. The summed E-state index contributed by atoms with van der Waals surface area (Å²) in [6.45, 7) is 3.01. The molecule has 148 valence electrons. The third-order valence-corrected chi connectivity index (χ3v) is 6.50. The molecular formula is C23H30N4O. The van der Waals surface area contributed by atoms with Gasteiger partial charge in [0.1, 0.15) is 0 Å². The summed E-state index contributed by atoms with van der Waals surface area (Å²) >= 11 is 0. The number of terminal acetylenes is 1. The topological polar surface area (TPSA) is 48.3 Å². The molecule has 3 heterocycles. The highest BCUT2D eigenvalue weighted by Gasteiger charge is 2.42. The summed E-state index contributed by atoms with van der Waals surface area (Å²) < 4.78 is 0. The second kappa shape index (κ2) is 8.45. The number of carbonyl (C=O) groups is 1. The molecule has 0 saturated carbocycles. The Morgan fingerprint density at radius 2 is 1.86 bits per heavy atom. The molecule has 3 aliphatic heterocycles. The van der Waals surface area contributed by atoms with Crippen LogP contribution < -0.4 is 0 Å². The first kappa shape index (κ1) is 19.1. The van der Waals surface area contributed by atoms with Gasteiger partial charge in [-0.15, -0.1) is 12.3 Å². The van der Waals surface area contributed by atoms with Gasteiger partial charge in [0.15, 0.2) is 5.66 Å². The van der Waals surface area contributed by atoms with Gasteiger partial charge in [0.25, 0.3) is 0 Å². The molecular weight excluding hydrogens is 348 g/mol. The molecule has 0 bridgehead atoms. The molecule has 2 atom stereocenters. The molecule has 2 fully saturated rings. The summed E-state index contributed by atoms with van der Waals surface area (Å²) in [5.41, 5.74) is 1.00. The molecule has 3 aliphatic rings. The summed E-state index contributed by atoms with van der Waals surface area (Å²) in [6, 6.07) is 11.5. The maximum atomic E-state index is 13.0.